The lowest BCUT2D eigenvalue weighted by Gasteiger charge is -2.29. The summed E-state index contributed by atoms with van der Waals surface area (Å²) in [6, 6.07) is 10.6. The Morgan fingerprint density at radius 3 is 2.44 bits per heavy atom. The standard InChI is InChI=1S/C25H33BrN2O4/c1-6-7-11-27-25(30)19(4)28(15-20-9-8-10-21(14-20)31-5)23(29)16-32-22-12-17(2)24(26)18(3)13-22/h8-10,12-14,19H,6-7,11,15-16H2,1-5H3,(H,27,30)/t19-/m1/s1. The molecule has 0 fully saturated rings. The fraction of sp³-hybridized carbons (Fsp3) is 0.440. The summed E-state index contributed by atoms with van der Waals surface area (Å²) >= 11 is 3.54. The second-order valence-corrected chi connectivity index (χ2v) is 8.65. The molecule has 1 atom stereocenters. The lowest BCUT2D eigenvalue weighted by Crippen LogP contribution is -2.49. The fourth-order valence-electron chi connectivity index (χ4n) is 3.30. The van der Waals surface area contributed by atoms with Gasteiger partial charge in [0.2, 0.25) is 5.91 Å². The summed E-state index contributed by atoms with van der Waals surface area (Å²) in [5.41, 5.74) is 2.94. The first-order valence-corrected chi connectivity index (χ1v) is 11.7. The Hall–Kier alpha value is -2.54. The molecule has 0 saturated carbocycles. The third-order valence-corrected chi connectivity index (χ3v) is 6.51. The predicted octanol–water partition coefficient (Wildman–Crippen LogP) is 4.79. The van der Waals surface area contributed by atoms with Gasteiger partial charge >= 0.3 is 0 Å². The second kappa shape index (κ2) is 12.5. The van der Waals surface area contributed by atoms with Crippen molar-refractivity contribution in [2.24, 2.45) is 0 Å². The number of methoxy groups -OCH3 is 1. The van der Waals surface area contributed by atoms with E-state index < -0.39 is 6.04 Å². The average molecular weight is 505 g/mol. The Morgan fingerprint density at radius 1 is 1.12 bits per heavy atom. The number of carbonyl (C=O) groups is 2. The molecule has 0 heterocycles. The van der Waals surface area contributed by atoms with E-state index in [1.54, 1.807) is 18.9 Å². The highest BCUT2D eigenvalue weighted by Gasteiger charge is 2.26. The van der Waals surface area contributed by atoms with Crippen LogP contribution in [-0.4, -0.2) is 43.0 Å². The lowest BCUT2D eigenvalue weighted by molar-refractivity contribution is -0.142. The van der Waals surface area contributed by atoms with Gasteiger partial charge in [0.1, 0.15) is 17.5 Å². The second-order valence-electron chi connectivity index (χ2n) is 7.85. The molecule has 7 heteroatoms. The number of amides is 2. The van der Waals surface area contributed by atoms with Crippen molar-refractivity contribution < 1.29 is 19.1 Å². The molecule has 0 saturated heterocycles. The maximum Gasteiger partial charge on any atom is 0.261 e. The van der Waals surface area contributed by atoms with Crippen LogP contribution in [0.1, 0.15) is 43.4 Å². The Morgan fingerprint density at radius 2 is 1.81 bits per heavy atom. The van der Waals surface area contributed by atoms with Crippen LogP contribution >= 0.6 is 15.9 Å². The molecule has 0 bridgehead atoms. The van der Waals surface area contributed by atoms with Crippen LogP contribution in [-0.2, 0) is 16.1 Å². The maximum atomic E-state index is 13.2. The van der Waals surface area contributed by atoms with Gasteiger partial charge in [-0.2, -0.15) is 0 Å². The van der Waals surface area contributed by atoms with Crippen LogP contribution in [0.25, 0.3) is 0 Å². The number of unbranched alkanes of at least 4 members (excludes halogenated alkanes) is 1. The number of carbonyl (C=O) groups excluding carboxylic acids is 2. The van der Waals surface area contributed by atoms with Gasteiger partial charge in [-0.1, -0.05) is 41.4 Å². The van der Waals surface area contributed by atoms with Crippen LogP contribution in [0.15, 0.2) is 40.9 Å². The summed E-state index contributed by atoms with van der Waals surface area (Å²) in [4.78, 5) is 27.4. The molecule has 2 amide bonds. The Labute approximate surface area is 199 Å². The summed E-state index contributed by atoms with van der Waals surface area (Å²) in [6.07, 6.45) is 1.88. The molecule has 0 aliphatic rings. The number of rotatable bonds is 11. The smallest absolute Gasteiger partial charge is 0.261 e. The quantitative estimate of drug-likeness (QED) is 0.446. The molecule has 2 rings (SSSR count). The molecule has 2 aromatic rings. The van der Waals surface area contributed by atoms with Gasteiger partial charge in [-0.05, 0) is 68.1 Å². The molecule has 1 N–H and O–H groups in total. The summed E-state index contributed by atoms with van der Waals surface area (Å²) in [6.45, 7) is 8.48. The molecule has 174 valence electrons. The Bertz CT molecular complexity index is 909. The molecule has 0 radical (unpaired) electrons. The van der Waals surface area contributed by atoms with Crippen molar-refractivity contribution in [3.05, 3.63) is 57.6 Å². The van der Waals surface area contributed by atoms with Gasteiger partial charge in [0.15, 0.2) is 6.61 Å². The van der Waals surface area contributed by atoms with E-state index in [9.17, 15) is 9.59 Å². The topological polar surface area (TPSA) is 67.9 Å². The fourth-order valence-corrected chi connectivity index (χ4v) is 3.53. The first-order valence-electron chi connectivity index (χ1n) is 10.9. The third kappa shape index (κ3) is 7.26. The number of aryl methyl sites for hydroxylation is 2. The molecule has 0 aliphatic heterocycles. The van der Waals surface area contributed by atoms with E-state index in [-0.39, 0.29) is 25.0 Å². The number of ether oxygens (including phenoxy) is 2. The number of halogens is 1. The first-order chi connectivity index (χ1) is 15.3. The zero-order valence-electron chi connectivity index (χ0n) is 19.5. The predicted molar refractivity (Wildman–Crippen MR) is 130 cm³/mol. The highest BCUT2D eigenvalue weighted by molar-refractivity contribution is 9.10. The summed E-state index contributed by atoms with van der Waals surface area (Å²) in [5.74, 6) is 0.888. The van der Waals surface area contributed by atoms with Crippen LogP contribution in [0.4, 0.5) is 0 Å². The van der Waals surface area contributed by atoms with Gasteiger partial charge in [-0.25, -0.2) is 0 Å². The third-order valence-electron chi connectivity index (χ3n) is 5.26. The van der Waals surface area contributed by atoms with Crippen molar-refractivity contribution in [3.63, 3.8) is 0 Å². The van der Waals surface area contributed by atoms with Crippen LogP contribution in [0.3, 0.4) is 0 Å². The van der Waals surface area contributed by atoms with E-state index >= 15 is 0 Å². The van der Waals surface area contributed by atoms with Gasteiger partial charge in [0, 0.05) is 17.6 Å². The van der Waals surface area contributed by atoms with E-state index in [1.165, 1.54) is 0 Å². The lowest BCUT2D eigenvalue weighted by atomic mass is 10.1. The number of hydrogen-bond donors (Lipinski definition) is 1. The van der Waals surface area contributed by atoms with Gasteiger partial charge in [0.25, 0.3) is 5.91 Å². The number of nitrogens with one attached hydrogen (secondary N) is 1. The van der Waals surface area contributed by atoms with Crippen molar-refractivity contribution >= 4 is 27.7 Å². The maximum absolute atomic E-state index is 13.2. The van der Waals surface area contributed by atoms with E-state index in [0.717, 1.165) is 34.0 Å². The van der Waals surface area contributed by atoms with E-state index in [1.807, 2.05) is 50.2 Å². The van der Waals surface area contributed by atoms with Crippen LogP contribution < -0.4 is 14.8 Å². The highest BCUT2D eigenvalue weighted by Crippen LogP contribution is 2.26. The zero-order chi connectivity index (χ0) is 23.7. The first kappa shape index (κ1) is 25.7. The number of hydrogen-bond acceptors (Lipinski definition) is 4. The van der Waals surface area contributed by atoms with Crippen molar-refractivity contribution in [1.82, 2.24) is 10.2 Å². The van der Waals surface area contributed by atoms with Crippen molar-refractivity contribution in [3.8, 4) is 11.5 Å². The van der Waals surface area contributed by atoms with E-state index in [4.69, 9.17) is 9.47 Å². The van der Waals surface area contributed by atoms with Crippen molar-refractivity contribution in [2.45, 2.75) is 53.1 Å². The molecule has 2 aromatic carbocycles. The number of nitrogens with zero attached hydrogens (tertiary/aromatic N) is 1. The Kier molecular flexibility index (Phi) is 10.0. The minimum atomic E-state index is -0.637. The average Bonchev–Trinajstić information content (AvgIpc) is 2.79. The molecule has 0 unspecified atom stereocenters. The van der Waals surface area contributed by atoms with Crippen molar-refractivity contribution in [2.75, 3.05) is 20.3 Å². The van der Waals surface area contributed by atoms with E-state index in [0.29, 0.717) is 18.0 Å². The van der Waals surface area contributed by atoms with Gasteiger partial charge in [-0.3, -0.25) is 9.59 Å². The van der Waals surface area contributed by atoms with Crippen LogP contribution in [0.2, 0.25) is 0 Å². The molecule has 0 aromatic heterocycles. The van der Waals surface area contributed by atoms with E-state index in [2.05, 4.69) is 28.2 Å². The van der Waals surface area contributed by atoms with Crippen LogP contribution in [0, 0.1) is 13.8 Å². The summed E-state index contributed by atoms with van der Waals surface area (Å²) in [7, 11) is 1.60. The molecule has 0 aliphatic carbocycles. The normalized spacial score (nSPS) is 11.6. The minimum absolute atomic E-state index is 0.156. The summed E-state index contributed by atoms with van der Waals surface area (Å²) in [5, 5.41) is 2.92. The van der Waals surface area contributed by atoms with Gasteiger partial charge in [0.05, 0.1) is 7.11 Å². The molecular weight excluding hydrogens is 472 g/mol. The molecule has 32 heavy (non-hydrogen) atoms. The number of benzene rings is 2. The monoisotopic (exact) mass is 504 g/mol. The van der Waals surface area contributed by atoms with Crippen LogP contribution in [0.5, 0.6) is 11.5 Å². The molecular formula is C25H33BrN2O4. The summed E-state index contributed by atoms with van der Waals surface area (Å²) < 4.78 is 12.1. The SMILES string of the molecule is CCCCNC(=O)[C@@H](C)N(Cc1cccc(OC)c1)C(=O)COc1cc(C)c(Br)c(C)c1. The zero-order valence-corrected chi connectivity index (χ0v) is 21.1. The highest BCUT2D eigenvalue weighted by atomic mass is 79.9. The van der Waals surface area contributed by atoms with Gasteiger partial charge in [-0.15, -0.1) is 0 Å². The Balaban J connectivity index is 2.17. The molecule has 0 spiro atoms. The van der Waals surface area contributed by atoms with Gasteiger partial charge < -0.3 is 19.7 Å². The molecule has 6 nitrogen and oxygen atoms in total. The van der Waals surface area contributed by atoms with Crippen molar-refractivity contribution in [1.29, 1.82) is 0 Å². The largest absolute Gasteiger partial charge is 0.497 e. The minimum Gasteiger partial charge on any atom is -0.497 e.